The van der Waals surface area contributed by atoms with Crippen LogP contribution in [0.1, 0.15) is 10.4 Å². The van der Waals surface area contributed by atoms with Crippen molar-refractivity contribution in [3.05, 3.63) is 48.0 Å². The van der Waals surface area contributed by atoms with Gasteiger partial charge in [0.05, 0.1) is 30.4 Å². The molecule has 0 radical (unpaired) electrons. The molecule has 178 valence electrons. The van der Waals surface area contributed by atoms with E-state index in [1.165, 1.54) is 0 Å². The van der Waals surface area contributed by atoms with Crippen molar-refractivity contribution in [2.75, 3.05) is 80.2 Å². The van der Waals surface area contributed by atoms with E-state index in [4.69, 9.17) is 4.74 Å². The number of hydrogen-bond donors (Lipinski definition) is 2. The first-order valence-electron chi connectivity index (χ1n) is 11.1. The minimum Gasteiger partial charge on any atom is -0.495 e. The highest BCUT2D eigenvalue weighted by molar-refractivity contribution is 7.92. The second kappa shape index (κ2) is 9.88. The van der Waals surface area contributed by atoms with E-state index in [0.717, 1.165) is 49.6 Å². The molecule has 0 aromatic heterocycles. The van der Waals surface area contributed by atoms with Gasteiger partial charge in [0, 0.05) is 57.9 Å². The van der Waals surface area contributed by atoms with Crippen LogP contribution in [0.2, 0.25) is 0 Å². The zero-order valence-corrected chi connectivity index (χ0v) is 19.9. The lowest BCUT2D eigenvalue weighted by Crippen LogP contribution is -2.49. The summed E-state index contributed by atoms with van der Waals surface area (Å²) in [6.07, 6.45) is 1.13. The van der Waals surface area contributed by atoms with Gasteiger partial charge >= 0.3 is 0 Å². The Kier molecular flexibility index (Phi) is 6.94. The molecule has 0 spiro atoms. The highest BCUT2D eigenvalue weighted by Gasteiger charge is 2.25. The maximum Gasteiger partial charge on any atom is 0.254 e. The van der Waals surface area contributed by atoms with Gasteiger partial charge in [-0.25, -0.2) is 8.42 Å². The van der Waals surface area contributed by atoms with Gasteiger partial charge in [-0.2, -0.15) is 0 Å². The van der Waals surface area contributed by atoms with Crippen molar-refractivity contribution < 1.29 is 17.9 Å². The minimum atomic E-state index is -3.49. The van der Waals surface area contributed by atoms with Crippen molar-refractivity contribution >= 4 is 33.0 Å². The zero-order chi connectivity index (χ0) is 23.4. The van der Waals surface area contributed by atoms with E-state index in [-0.39, 0.29) is 5.91 Å². The van der Waals surface area contributed by atoms with Crippen molar-refractivity contribution in [3.63, 3.8) is 0 Å². The number of sulfonamides is 1. The fraction of sp³-hybridized carbons (Fsp3) is 0.435. The molecule has 1 amide bonds. The SMILES string of the molecule is COc1ccccc1N1CCN(C(=O)c2ccc(N3CCNCC3)c(NS(C)(=O)=O)c2)CC1. The van der Waals surface area contributed by atoms with Crippen LogP contribution in [0.4, 0.5) is 17.1 Å². The number of anilines is 3. The monoisotopic (exact) mass is 473 g/mol. The van der Waals surface area contributed by atoms with Gasteiger partial charge in [0.25, 0.3) is 5.91 Å². The average molecular weight is 474 g/mol. The highest BCUT2D eigenvalue weighted by atomic mass is 32.2. The number of hydrogen-bond acceptors (Lipinski definition) is 7. The van der Waals surface area contributed by atoms with Crippen LogP contribution in [-0.4, -0.2) is 84.9 Å². The molecular formula is C23H31N5O4S. The summed E-state index contributed by atoms with van der Waals surface area (Å²) in [6, 6.07) is 13.2. The molecule has 2 aliphatic heterocycles. The summed E-state index contributed by atoms with van der Waals surface area (Å²) in [5.41, 5.74) is 2.73. The first-order chi connectivity index (χ1) is 15.9. The van der Waals surface area contributed by atoms with Crippen LogP contribution in [-0.2, 0) is 10.0 Å². The van der Waals surface area contributed by atoms with Crippen LogP contribution in [0.25, 0.3) is 0 Å². The van der Waals surface area contributed by atoms with Crippen molar-refractivity contribution in [1.82, 2.24) is 10.2 Å². The summed E-state index contributed by atoms with van der Waals surface area (Å²) < 4.78 is 32.1. The molecule has 2 aliphatic rings. The smallest absolute Gasteiger partial charge is 0.254 e. The summed E-state index contributed by atoms with van der Waals surface area (Å²) in [5.74, 6) is 0.718. The maximum atomic E-state index is 13.3. The Labute approximate surface area is 195 Å². The van der Waals surface area contributed by atoms with Crippen LogP contribution in [0.15, 0.2) is 42.5 Å². The lowest BCUT2D eigenvalue weighted by Gasteiger charge is -2.37. The Morgan fingerprint density at radius 2 is 1.61 bits per heavy atom. The first kappa shape index (κ1) is 23.2. The number of nitrogens with zero attached hydrogens (tertiary/aromatic N) is 3. The number of amides is 1. The lowest BCUT2D eigenvalue weighted by molar-refractivity contribution is 0.0746. The number of ether oxygens (including phenoxy) is 1. The first-order valence-corrected chi connectivity index (χ1v) is 13.0. The summed E-state index contributed by atoms with van der Waals surface area (Å²) in [4.78, 5) is 19.4. The fourth-order valence-electron chi connectivity index (χ4n) is 4.36. The largest absolute Gasteiger partial charge is 0.495 e. The van der Waals surface area contributed by atoms with E-state index < -0.39 is 10.0 Å². The van der Waals surface area contributed by atoms with Crippen molar-refractivity contribution in [2.24, 2.45) is 0 Å². The van der Waals surface area contributed by atoms with Gasteiger partial charge in [-0.3, -0.25) is 9.52 Å². The van der Waals surface area contributed by atoms with Gasteiger partial charge in [-0.15, -0.1) is 0 Å². The predicted molar refractivity (Wildman–Crippen MR) is 131 cm³/mol. The number of nitrogens with one attached hydrogen (secondary N) is 2. The molecule has 0 aliphatic carbocycles. The maximum absolute atomic E-state index is 13.3. The Morgan fingerprint density at radius 1 is 0.939 bits per heavy atom. The molecule has 2 saturated heterocycles. The van der Waals surface area contributed by atoms with Crippen LogP contribution < -0.4 is 24.6 Å². The third-order valence-corrected chi connectivity index (χ3v) is 6.58. The van der Waals surface area contributed by atoms with E-state index in [0.29, 0.717) is 37.4 Å². The molecule has 2 heterocycles. The number of para-hydroxylation sites is 2. The van der Waals surface area contributed by atoms with E-state index >= 15 is 0 Å². The molecule has 9 nitrogen and oxygen atoms in total. The number of piperazine rings is 2. The number of carbonyl (C=O) groups is 1. The van der Waals surface area contributed by atoms with Crippen LogP contribution in [0, 0.1) is 0 Å². The number of rotatable bonds is 6. The Morgan fingerprint density at radius 3 is 2.27 bits per heavy atom. The normalized spacial score (nSPS) is 17.1. The van der Waals surface area contributed by atoms with Gasteiger partial charge < -0.3 is 24.8 Å². The molecule has 0 saturated carbocycles. The molecule has 2 N–H and O–H groups in total. The molecule has 33 heavy (non-hydrogen) atoms. The molecular weight excluding hydrogens is 442 g/mol. The topological polar surface area (TPSA) is 94.2 Å². The number of methoxy groups -OCH3 is 1. The molecule has 2 aromatic carbocycles. The van der Waals surface area contributed by atoms with Crippen LogP contribution in [0.3, 0.4) is 0 Å². The zero-order valence-electron chi connectivity index (χ0n) is 19.1. The van der Waals surface area contributed by atoms with E-state index in [2.05, 4.69) is 19.8 Å². The van der Waals surface area contributed by atoms with Gasteiger partial charge in [0.1, 0.15) is 5.75 Å². The quantitative estimate of drug-likeness (QED) is 0.656. The molecule has 0 bridgehead atoms. The molecule has 2 fully saturated rings. The number of benzene rings is 2. The van der Waals surface area contributed by atoms with Gasteiger partial charge in [-0.1, -0.05) is 12.1 Å². The van der Waals surface area contributed by atoms with E-state index in [9.17, 15) is 13.2 Å². The summed E-state index contributed by atoms with van der Waals surface area (Å²) >= 11 is 0. The second-order valence-electron chi connectivity index (χ2n) is 8.29. The Balaban J connectivity index is 1.50. The van der Waals surface area contributed by atoms with Gasteiger partial charge in [0.2, 0.25) is 10.0 Å². The van der Waals surface area contributed by atoms with Crippen LogP contribution >= 0.6 is 0 Å². The Bertz CT molecular complexity index is 1090. The van der Waals surface area contributed by atoms with Crippen molar-refractivity contribution in [2.45, 2.75) is 0 Å². The molecule has 0 unspecified atom stereocenters. The highest BCUT2D eigenvalue weighted by Crippen LogP contribution is 2.31. The van der Waals surface area contributed by atoms with Crippen molar-refractivity contribution in [3.8, 4) is 5.75 Å². The standard InChI is InChI=1S/C23H31N5O4S/c1-32-22-6-4-3-5-21(22)27-13-15-28(16-14-27)23(29)18-7-8-20(26-11-9-24-10-12-26)19(17-18)25-33(2,30)31/h3-8,17,24-25H,9-16H2,1-2H3. The van der Waals surface area contributed by atoms with Gasteiger partial charge in [-0.05, 0) is 30.3 Å². The average Bonchev–Trinajstić information content (AvgIpc) is 2.83. The Hall–Kier alpha value is -2.98. The summed E-state index contributed by atoms with van der Waals surface area (Å²) in [5, 5.41) is 3.29. The number of carbonyl (C=O) groups excluding carboxylic acids is 1. The molecule has 2 aromatic rings. The minimum absolute atomic E-state index is 0.0990. The molecule has 10 heteroatoms. The summed E-state index contributed by atoms with van der Waals surface area (Å²) in [7, 11) is -1.83. The second-order valence-corrected chi connectivity index (χ2v) is 10.0. The fourth-order valence-corrected chi connectivity index (χ4v) is 4.92. The summed E-state index contributed by atoms with van der Waals surface area (Å²) in [6.45, 7) is 5.74. The van der Waals surface area contributed by atoms with E-state index in [1.807, 2.05) is 35.2 Å². The van der Waals surface area contributed by atoms with Crippen LogP contribution in [0.5, 0.6) is 5.75 Å². The molecule has 0 atom stereocenters. The lowest BCUT2D eigenvalue weighted by atomic mass is 10.1. The third kappa shape index (κ3) is 5.51. The van der Waals surface area contributed by atoms with Crippen molar-refractivity contribution in [1.29, 1.82) is 0 Å². The third-order valence-electron chi connectivity index (χ3n) is 5.99. The van der Waals surface area contributed by atoms with E-state index in [1.54, 1.807) is 19.2 Å². The molecule has 4 rings (SSSR count). The van der Waals surface area contributed by atoms with Gasteiger partial charge in [0.15, 0.2) is 0 Å². The predicted octanol–water partition coefficient (Wildman–Crippen LogP) is 1.44.